The van der Waals surface area contributed by atoms with E-state index in [0.29, 0.717) is 5.92 Å². The van der Waals surface area contributed by atoms with Crippen LogP contribution >= 0.6 is 0 Å². The normalized spacial score (nSPS) is 17.9. The van der Waals surface area contributed by atoms with Crippen molar-refractivity contribution < 1.29 is 0 Å². The summed E-state index contributed by atoms with van der Waals surface area (Å²) < 4.78 is 1.62. The van der Waals surface area contributed by atoms with E-state index < -0.39 is 0 Å². The van der Waals surface area contributed by atoms with E-state index in [0.717, 1.165) is 18.7 Å². The van der Waals surface area contributed by atoms with E-state index in [2.05, 4.69) is 21.6 Å². The van der Waals surface area contributed by atoms with Crippen molar-refractivity contribution in [1.29, 1.82) is 5.26 Å². The maximum atomic E-state index is 8.59. The van der Waals surface area contributed by atoms with E-state index in [1.807, 2.05) is 0 Å². The average molecular weight is 191 g/mol. The van der Waals surface area contributed by atoms with Gasteiger partial charge in [-0.15, -0.1) is 5.10 Å². The van der Waals surface area contributed by atoms with E-state index in [-0.39, 0.29) is 6.54 Å². The first kappa shape index (κ1) is 9.13. The molecule has 0 aromatic carbocycles. The van der Waals surface area contributed by atoms with Gasteiger partial charge in [-0.05, 0) is 23.3 Å². The van der Waals surface area contributed by atoms with E-state index in [4.69, 9.17) is 5.26 Å². The van der Waals surface area contributed by atoms with Crippen molar-refractivity contribution in [2.24, 2.45) is 0 Å². The average Bonchev–Trinajstić information content (AvgIpc) is 2.68. The molecule has 0 bridgehead atoms. The van der Waals surface area contributed by atoms with Crippen LogP contribution in [0.3, 0.4) is 0 Å². The fraction of sp³-hybridized carbons (Fsp3) is 0.778. The molecule has 0 radical (unpaired) electrons. The second-order valence-electron chi connectivity index (χ2n) is 3.69. The van der Waals surface area contributed by atoms with Crippen LogP contribution in [0.2, 0.25) is 0 Å². The Morgan fingerprint density at radius 3 is 2.86 bits per heavy atom. The van der Waals surface area contributed by atoms with Crippen LogP contribution in [-0.2, 0) is 6.54 Å². The number of hydrogen-bond donors (Lipinski definition) is 0. The Hall–Kier alpha value is -1.44. The smallest absolute Gasteiger partial charge is 0.155 e. The van der Waals surface area contributed by atoms with Gasteiger partial charge in [-0.25, -0.2) is 4.68 Å². The van der Waals surface area contributed by atoms with Crippen LogP contribution in [0.15, 0.2) is 0 Å². The van der Waals surface area contributed by atoms with Crippen LogP contribution in [0.25, 0.3) is 0 Å². The quantitative estimate of drug-likeness (QED) is 0.705. The summed E-state index contributed by atoms with van der Waals surface area (Å²) in [7, 11) is 0. The number of nitrogens with zero attached hydrogens (tertiary/aromatic N) is 5. The van der Waals surface area contributed by atoms with Gasteiger partial charge in [0.15, 0.2) is 5.82 Å². The van der Waals surface area contributed by atoms with Crippen LogP contribution in [-0.4, -0.2) is 20.2 Å². The minimum Gasteiger partial charge on any atom is -0.215 e. The summed E-state index contributed by atoms with van der Waals surface area (Å²) in [5, 5.41) is 20.0. The molecule has 74 valence electrons. The molecule has 0 saturated heterocycles. The zero-order valence-corrected chi connectivity index (χ0v) is 8.06. The number of nitriles is 1. The molecule has 0 amide bonds. The summed E-state index contributed by atoms with van der Waals surface area (Å²) in [5.74, 6) is 1.36. The molecule has 0 spiro atoms. The number of hydrogen-bond acceptors (Lipinski definition) is 4. The van der Waals surface area contributed by atoms with Gasteiger partial charge in [-0.1, -0.05) is 19.3 Å². The van der Waals surface area contributed by atoms with Crippen molar-refractivity contribution in [3.8, 4) is 6.07 Å². The third-order valence-electron chi connectivity index (χ3n) is 2.75. The van der Waals surface area contributed by atoms with Crippen molar-refractivity contribution >= 4 is 0 Å². The largest absolute Gasteiger partial charge is 0.215 e. The van der Waals surface area contributed by atoms with E-state index >= 15 is 0 Å². The topological polar surface area (TPSA) is 67.4 Å². The summed E-state index contributed by atoms with van der Waals surface area (Å²) in [6, 6.07) is 2.07. The number of aromatic nitrogens is 4. The zero-order chi connectivity index (χ0) is 9.80. The van der Waals surface area contributed by atoms with Gasteiger partial charge < -0.3 is 0 Å². The third kappa shape index (κ3) is 1.74. The first-order valence-electron chi connectivity index (χ1n) is 5.05. The molecule has 1 saturated carbocycles. The first-order chi connectivity index (χ1) is 6.92. The molecule has 1 aliphatic rings. The van der Waals surface area contributed by atoms with Gasteiger partial charge >= 0.3 is 0 Å². The molecule has 5 nitrogen and oxygen atoms in total. The monoisotopic (exact) mass is 191 g/mol. The molecule has 0 atom stereocenters. The van der Waals surface area contributed by atoms with Crippen molar-refractivity contribution in [1.82, 2.24) is 20.2 Å². The maximum absolute atomic E-state index is 8.59. The third-order valence-corrected chi connectivity index (χ3v) is 2.75. The standard InChI is InChI=1S/C9H13N5/c10-6-7-14-9(11-12-13-14)8-4-2-1-3-5-8/h8H,1-5,7H2. The van der Waals surface area contributed by atoms with E-state index in [9.17, 15) is 0 Å². The summed E-state index contributed by atoms with van der Waals surface area (Å²) in [5.41, 5.74) is 0. The van der Waals surface area contributed by atoms with Crippen molar-refractivity contribution in [2.75, 3.05) is 0 Å². The van der Waals surface area contributed by atoms with Gasteiger partial charge in [0.05, 0.1) is 6.07 Å². The molecule has 1 heterocycles. The Labute approximate surface area is 82.7 Å². The van der Waals surface area contributed by atoms with E-state index in [1.54, 1.807) is 4.68 Å². The van der Waals surface area contributed by atoms with Gasteiger partial charge in [0, 0.05) is 5.92 Å². The molecule has 5 heteroatoms. The molecule has 2 rings (SSSR count). The van der Waals surface area contributed by atoms with Gasteiger partial charge in [-0.3, -0.25) is 0 Å². The van der Waals surface area contributed by atoms with Gasteiger partial charge in [-0.2, -0.15) is 5.26 Å². The van der Waals surface area contributed by atoms with Crippen LogP contribution in [0, 0.1) is 11.3 Å². The van der Waals surface area contributed by atoms with Gasteiger partial charge in [0.1, 0.15) is 6.54 Å². The minimum atomic E-state index is 0.263. The van der Waals surface area contributed by atoms with Crippen molar-refractivity contribution in [3.05, 3.63) is 5.82 Å². The van der Waals surface area contributed by atoms with Crippen LogP contribution in [0.1, 0.15) is 43.8 Å². The predicted molar refractivity (Wildman–Crippen MR) is 49.3 cm³/mol. The highest BCUT2D eigenvalue weighted by molar-refractivity contribution is 4.96. The lowest BCUT2D eigenvalue weighted by Crippen LogP contribution is -2.12. The van der Waals surface area contributed by atoms with Gasteiger partial charge in [0.25, 0.3) is 0 Å². The highest BCUT2D eigenvalue weighted by Gasteiger charge is 2.21. The SMILES string of the molecule is N#CCn1nnnc1C1CCCCC1. The molecule has 1 aromatic heterocycles. The minimum absolute atomic E-state index is 0.263. The molecule has 0 N–H and O–H groups in total. The molecule has 0 unspecified atom stereocenters. The fourth-order valence-corrected chi connectivity index (χ4v) is 2.04. The molecule has 1 aliphatic carbocycles. The van der Waals surface area contributed by atoms with E-state index in [1.165, 1.54) is 19.3 Å². The Kier molecular flexibility index (Phi) is 2.73. The summed E-state index contributed by atoms with van der Waals surface area (Å²) >= 11 is 0. The van der Waals surface area contributed by atoms with Crippen molar-refractivity contribution in [2.45, 2.75) is 44.6 Å². The summed E-state index contributed by atoms with van der Waals surface area (Å²) in [6.45, 7) is 0.263. The molecule has 0 aliphatic heterocycles. The molecular weight excluding hydrogens is 178 g/mol. The Morgan fingerprint density at radius 2 is 2.14 bits per heavy atom. The molecule has 14 heavy (non-hydrogen) atoms. The molecule has 1 fully saturated rings. The molecular formula is C9H13N5. The van der Waals surface area contributed by atoms with Crippen LogP contribution in [0.4, 0.5) is 0 Å². The Balaban J connectivity index is 2.13. The summed E-state index contributed by atoms with van der Waals surface area (Å²) in [4.78, 5) is 0. The predicted octanol–water partition coefficient (Wildman–Crippen LogP) is 1.24. The van der Waals surface area contributed by atoms with Gasteiger partial charge in [0.2, 0.25) is 0 Å². The number of tetrazole rings is 1. The van der Waals surface area contributed by atoms with Crippen LogP contribution in [0.5, 0.6) is 0 Å². The molecule has 1 aromatic rings. The Bertz CT molecular complexity index is 331. The fourth-order valence-electron chi connectivity index (χ4n) is 2.04. The maximum Gasteiger partial charge on any atom is 0.155 e. The summed E-state index contributed by atoms with van der Waals surface area (Å²) in [6.07, 6.45) is 6.14. The number of rotatable bonds is 2. The highest BCUT2D eigenvalue weighted by Crippen LogP contribution is 2.30. The van der Waals surface area contributed by atoms with Crippen LogP contribution < -0.4 is 0 Å². The zero-order valence-electron chi connectivity index (χ0n) is 8.06. The highest BCUT2D eigenvalue weighted by atomic mass is 15.5. The first-order valence-corrected chi connectivity index (χ1v) is 5.05. The lowest BCUT2D eigenvalue weighted by atomic mass is 9.89. The Morgan fingerprint density at radius 1 is 1.36 bits per heavy atom. The van der Waals surface area contributed by atoms with Crippen molar-refractivity contribution in [3.63, 3.8) is 0 Å². The second kappa shape index (κ2) is 4.18. The second-order valence-corrected chi connectivity index (χ2v) is 3.69. The lowest BCUT2D eigenvalue weighted by Gasteiger charge is -2.19. The lowest BCUT2D eigenvalue weighted by molar-refractivity contribution is 0.413.